The second-order valence-electron chi connectivity index (χ2n) is 5.76. The van der Waals surface area contributed by atoms with Gasteiger partial charge in [-0.05, 0) is 29.8 Å². The normalized spacial score (nSPS) is 15.6. The Labute approximate surface area is 156 Å². The molecule has 6 nitrogen and oxygen atoms in total. The van der Waals surface area contributed by atoms with E-state index in [1.807, 2.05) is 36.4 Å². The summed E-state index contributed by atoms with van der Waals surface area (Å²) in [4.78, 5) is 25.4. The van der Waals surface area contributed by atoms with E-state index < -0.39 is 5.25 Å². The summed E-state index contributed by atoms with van der Waals surface area (Å²) in [5, 5.41) is 5.26. The van der Waals surface area contributed by atoms with Crippen LogP contribution in [0.15, 0.2) is 47.4 Å². The first-order valence-corrected chi connectivity index (χ1v) is 9.03. The van der Waals surface area contributed by atoms with E-state index in [1.165, 1.54) is 11.8 Å². The molecule has 136 valence electrons. The van der Waals surface area contributed by atoms with Crippen molar-refractivity contribution in [3.63, 3.8) is 0 Å². The molecule has 0 aliphatic carbocycles. The van der Waals surface area contributed by atoms with Crippen LogP contribution in [0.3, 0.4) is 0 Å². The van der Waals surface area contributed by atoms with Gasteiger partial charge in [0.2, 0.25) is 11.8 Å². The summed E-state index contributed by atoms with van der Waals surface area (Å²) in [6.45, 7) is 0.356. The molecule has 2 aromatic carbocycles. The molecule has 3 rings (SSSR count). The van der Waals surface area contributed by atoms with Gasteiger partial charge in [0.1, 0.15) is 0 Å². The first-order valence-electron chi connectivity index (χ1n) is 8.15. The van der Waals surface area contributed by atoms with Crippen molar-refractivity contribution in [2.45, 2.75) is 23.1 Å². The predicted molar refractivity (Wildman–Crippen MR) is 101 cm³/mol. The number of carbonyl (C=O) groups excluding carboxylic acids is 2. The Morgan fingerprint density at radius 2 is 1.92 bits per heavy atom. The fourth-order valence-electron chi connectivity index (χ4n) is 2.66. The zero-order valence-electron chi connectivity index (χ0n) is 14.6. The molecular formula is C19H20N2O4S. The Kier molecular flexibility index (Phi) is 5.68. The molecule has 0 bridgehead atoms. The number of carbonyl (C=O) groups is 2. The number of fused-ring (bicyclic) bond motifs is 1. The maximum absolute atomic E-state index is 12.3. The lowest BCUT2D eigenvalue weighted by atomic mass is 10.2. The lowest BCUT2D eigenvalue weighted by Crippen LogP contribution is -2.34. The molecule has 26 heavy (non-hydrogen) atoms. The van der Waals surface area contributed by atoms with Gasteiger partial charge in [0.05, 0.1) is 25.2 Å². The molecule has 1 atom stereocenters. The lowest BCUT2D eigenvalue weighted by Gasteiger charge is -2.23. The molecule has 2 N–H and O–H groups in total. The molecule has 1 aliphatic rings. The molecular weight excluding hydrogens is 352 g/mol. The SMILES string of the molecule is COc1ccc(CNC(=O)C[C@H]2Sc3ccccc3NC2=O)cc1OC. The molecule has 0 radical (unpaired) electrons. The van der Waals surface area contributed by atoms with Crippen molar-refractivity contribution < 1.29 is 19.1 Å². The summed E-state index contributed by atoms with van der Waals surface area (Å²) in [6.07, 6.45) is 0.123. The second kappa shape index (κ2) is 8.14. The summed E-state index contributed by atoms with van der Waals surface area (Å²) in [7, 11) is 3.14. The quantitative estimate of drug-likeness (QED) is 0.815. The smallest absolute Gasteiger partial charge is 0.238 e. The minimum Gasteiger partial charge on any atom is -0.493 e. The fraction of sp³-hybridized carbons (Fsp3) is 0.263. The van der Waals surface area contributed by atoms with E-state index in [1.54, 1.807) is 20.3 Å². The summed E-state index contributed by atoms with van der Waals surface area (Å²) in [5.74, 6) is 0.927. The van der Waals surface area contributed by atoms with E-state index in [2.05, 4.69) is 10.6 Å². The molecule has 0 saturated carbocycles. The Bertz CT molecular complexity index is 825. The molecule has 0 aromatic heterocycles. The van der Waals surface area contributed by atoms with Gasteiger partial charge in [-0.25, -0.2) is 0 Å². The first-order chi connectivity index (χ1) is 12.6. The maximum atomic E-state index is 12.3. The van der Waals surface area contributed by atoms with Crippen LogP contribution in [0.2, 0.25) is 0 Å². The third kappa shape index (κ3) is 4.11. The molecule has 1 heterocycles. The molecule has 0 fully saturated rings. The Balaban J connectivity index is 1.57. The van der Waals surface area contributed by atoms with E-state index in [4.69, 9.17) is 9.47 Å². The average Bonchev–Trinajstić information content (AvgIpc) is 2.66. The molecule has 2 aromatic rings. The number of para-hydroxylation sites is 1. The molecule has 2 amide bonds. The highest BCUT2D eigenvalue weighted by atomic mass is 32.2. The Morgan fingerprint density at radius 1 is 1.15 bits per heavy atom. The predicted octanol–water partition coefficient (Wildman–Crippen LogP) is 2.82. The van der Waals surface area contributed by atoms with Crippen molar-refractivity contribution in [2.24, 2.45) is 0 Å². The minimum atomic E-state index is -0.435. The van der Waals surface area contributed by atoms with Crippen LogP contribution in [-0.2, 0) is 16.1 Å². The van der Waals surface area contributed by atoms with E-state index in [0.29, 0.717) is 18.0 Å². The van der Waals surface area contributed by atoms with E-state index in [0.717, 1.165) is 16.1 Å². The standard InChI is InChI=1S/C19H20N2O4S/c1-24-14-8-7-12(9-15(14)25-2)11-20-18(22)10-17-19(23)21-13-5-3-4-6-16(13)26-17/h3-9,17H,10-11H2,1-2H3,(H,20,22)(H,21,23)/t17-/m1/s1. The summed E-state index contributed by atoms with van der Waals surface area (Å²) >= 11 is 1.42. The average molecular weight is 372 g/mol. The molecule has 7 heteroatoms. The summed E-state index contributed by atoms with van der Waals surface area (Å²) < 4.78 is 10.5. The number of nitrogens with one attached hydrogen (secondary N) is 2. The zero-order chi connectivity index (χ0) is 18.5. The van der Waals surface area contributed by atoms with Crippen molar-refractivity contribution >= 4 is 29.3 Å². The third-order valence-corrected chi connectivity index (χ3v) is 5.29. The highest BCUT2D eigenvalue weighted by Crippen LogP contribution is 2.36. The van der Waals surface area contributed by atoms with Crippen LogP contribution in [0, 0.1) is 0 Å². The largest absolute Gasteiger partial charge is 0.493 e. The Hall–Kier alpha value is -2.67. The number of ether oxygens (including phenoxy) is 2. The summed E-state index contributed by atoms with van der Waals surface area (Å²) in [5.41, 5.74) is 1.69. The first kappa shape index (κ1) is 18.1. The van der Waals surface area contributed by atoms with E-state index in [-0.39, 0.29) is 18.2 Å². The van der Waals surface area contributed by atoms with Crippen molar-refractivity contribution in [3.05, 3.63) is 48.0 Å². The zero-order valence-corrected chi connectivity index (χ0v) is 15.4. The van der Waals surface area contributed by atoms with Gasteiger partial charge in [0.15, 0.2) is 11.5 Å². The van der Waals surface area contributed by atoms with Gasteiger partial charge < -0.3 is 20.1 Å². The van der Waals surface area contributed by atoms with Crippen LogP contribution >= 0.6 is 11.8 Å². The van der Waals surface area contributed by atoms with Gasteiger partial charge in [0, 0.05) is 17.9 Å². The highest BCUT2D eigenvalue weighted by Gasteiger charge is 2.28. The fourth-order valence-corrected chi connectivity index (χ4v) is 3.77. The van der Waals surface area contributed by atoms with Gasteiger partial charge in [-0.3, -0.25) is 9.59 Å². The topological polar surface area (TPSA) is 76.7 Å². The second-order valence-corrected chi connectivity index (χ2v) is 7.01. The van der Waals surface area contributed by atoms with Crippen molar-refractivity contribution in [1.82, 2.24) is 5.32 Å². The van der Waals surface area contributed by atoms with Crippen LogP contribution in [0.25, 0.3) is 0 Å². The number of methoxy groups -OCH3 is 2. The van der Waals surface area contributed by atoms with Crippen molar-refractivity contribution in [1.29, 1.82) is 0 Å². The highest BCUT2D eigenvalue weighted by molar-refractivity contribution is 8.01. The number of hydrogen-bond acceptors (Lipinski definition) is 5. The minimum absolute atomic E-state index is 0.123. The number of thioether (sulfide) groups is 1. The van der Waals surface area contributed by atoms with E-state index in [9.17, 15) is 9.59 Å². The van der Waals surface area contributed by atoms with E-state index >= 15 is 0 Å². The van der Waals surface area contributed by atoms with Gasteiger partial charge in [-0.15, -0.1) is 11.8 Å². The molecule has 0 saturated heterocycles. The molecule has 0 unspecified atom stereocenters. The van der Waals surface area contributed by atoms with Crippen LogP contribution in [0.4, 0.5) is 5.69 Å². The van der Waals surface area contributed by atoms with Crippen molar-refractivity contribution in [3.8, 4) is 11.5 Å². The maximum Gasteiger partial charge on any atom is 0.238 e. The number of hydrogen-bond donors (Lipinski definition) is 2. The Morgan fingerprint density at radius 3 is 2.69 bits per heavy atom. The number of amides is 2. The van der Waals surface area contributed by atoms with Gasteiger partial charge in [-0.1, -0.05) is 18.2 Å². The van der Waals surface area contributed by atoms with Crippen LogP contribution in [0.5, 0.6) is 11.5 Å². The van der Waals surface area contributed by atoms with Crippen LogP contribution in [0.1, 0.15) is 12.0 Å². The van der Waals surface area contributed by atoms with Crippen LogP contribution in [-0.4, -0.2) is 31.3 Å². The number of rotatable bonds is 6. The van der Waals surface area contributed by atoms with Gasteiger partial charge >= 0.3 is 0 Å². The molecule has 0 spiro atoms. The van der Waals surface area contributed by atoms with Gasteiger partial charge in [-0.2, -0.15) is 0 Å². The van der Waals surface area contributed by atoms with Crippen molar-refractivity contribution in [2.75, 3.05) is 19.5 Å². The number of benzene rings is 2. The van der Waals surface area contributed by atoms with Gasteiger partial charge in [0.25, 0.3) is 0 Å². The van der Waals surface area contributed by atoms with Crippen LogP contribution < -0.4 is 20.1 Å². The monoisotopic (exact) mass is 372 g/mol. The lowest BCUT2D eigenvalue weighted by molar-refractivity contribution is -0.124. The summed E-state index contributed by atoms with van der Waals surface area (Å²) in [6, 6.07) is 13.0. The molecule has 1 aliphatic heterocycles. The number of anilines is 1. The third-order valence-electron chi connectivity index (χ3n) is 4.02.